The van der Waals surface area contributed by atoms with Crippen molar-refractivity contribution in [3.05, 3.63) is 0 Å². The van der Waals surface area contributed by atoms with Crippen LogP contribution in [0.3, 0.4) is 0 Å². The molecule has 1 saturated carbocycles. The SMILES string of the molecule is CN=C(N)OC1CC(O)C1. The average molecular weight is 144 g/mol. The lowest BCUT2D eigenvalue weighted by atomic mass is 9.92. The topological polar surface area (TPSA) is 67.8 Å². The Hall–Kier alpha value is -0.770. The minimum absolute atomic E-state index is 0.0821. The summed E-state index contributed by atoms with van der Waals surface area (Å²) in [4.78, 5) is 3.63. The zero-order valence-electron chi connectivity index (χ0n) is 5.95. The van der Waals surface area contributed by atoms with Crippen molar-refractivity contribution in [1.29, 1.82) is 0 Å². The molecule has 0 spiro atoms. The summed E-state index contributed by atoms with van der Waals surface area (Å²) in [6.07, 6.45) is 1.24. The van der Waals surface area contributed by atoms with E-state index in [-0.39, 0.29) is 18.2 Å². The molecule has 58 valence electrons. The van der Waals surface area contributed by atoms with E-state index in [0.29, 0.717) is 12.8 Å². The van der Waals surface area contributed by atoms with Crippen LogP contribution in [0.1, 0.15) is 12.8 Å². The highest BCUT2D eigenvalue weighted by Gasteiger charge is 2.29. The van der Waals surface area contributed by atoms with Crippen molar-refractivity contribution in [3.63, 3.8) is 0 Å². The highest BCUT2D eigenvalue weighted by Crippen LogP contribution is 2.22. The maximum absolute atomic E-state index is 8.84. The van der Waals surface area contributed by atoms with E-state index >= 15 is 0 Å². The Morgan fingerprint density at radius 2 is 2.30 bits per heavy atom. The molecule has 0 aromatic heterocycles. The molecule has 0 amide bonds. The molecule has 0 radical (unpaired) electrons. The number of nitrogens with two attached hydrogens (primary N) is 1. The van der Waals surface area contributed by atoms with Gasteiger partial charge >= 0.3 is 0 Å². The number of aliphatic imine (C=N–C) groups is 1. The van der Waals surface area contributed by atoms with Crippen LogP contribution in [-0.4, -0.2) is 30.4 Å². The number of hydrogen-bond acceptors (Lipinski definition) is 3. The first-order valence-electron chi connectivity index (χ1n) is 3.29. The zero-order chi connectivity index (χ0) is 7.56. The number of ether oxygens (including phenoxy) is 1. The molecular formula is C6H12N2O2. The fourth-order valence-electron chi connectivity index (χ4n) is 0.858. The van der Waals surface area contributed by atoms with Gasteiger partial charge in [-0.3, -0.25) is 0 Å². The number of amidine groups is 1. The first-order chi connectivity index (χ1) is 4.72. The summed E-state index contributed by atoms with van der Waals surface area (Å²) in [6, 6.07) is 0.205. The summed E-state index contributed by atoms with van der Waals surface area (Å²) in [5.41, 5.74) is 5.27. The van der Waals surface area contributed by atoms with E-state index in [9.17, 15) is 0 Å². The molecule has 0 bridgehead atoms. The van der Waals surface area contributed by atoms with Gasteiger partial charge in [0.15, 0.2) is 0 Å². The Morgan fingerprint density at radius 1 is 1.70 bits per heavy atom. The highest BCUT2D eigenvalue weighted by molar-refractivity contribution is 5.71. The maximum atomic E-state index is 8.84. The fourth-order valence-corrected chi connectivity index (χ4v) is 0.858. The molecule has 4 nitrogen and oxygen atoms in total. The van der Waals surface area contributed by atoms with E-state index in [1.165, 1.54) is 0 Å². The lowest BCUT2D eigenvalue weighted by Gasteiger charge is -2.30. The quantitative estimate of drug-likeness (QED) is 0.384. The van der Waals surface area contributed by atoms with E-state index in [1.807, 2.05) is 0 Å². The number of hydrogen-bond donors (Lipinski definition) is 2. The predicted molar refractivity (Wildman–Crippen MR) is 37.7 cm³/mol. The van der Waals surface area contributed by atoms with Gasteiger partial charge in [0, 0.05) is 19.9 Å². The molecular weight excluding hydrogens is 132 g/mol. The molecule has 1 aliphatic carbocycles. The second kappa shape index (κ2) is 2.88. The molecule has 10 heavy (non-hydrogen) atoms. The van der Waals surface area contributed by atoms with Gasteiger partial charge in [-0.25, -0.2) is 4.99 Å². The molecule has 0 saturated heterocycles. The molecule has 1 fully saturated rings. The first-order valence-corrected chi connectivity index (χ1v) is 3.29. The lowest BCUT2D eigenvalue weighted by molar-refractivity contribution is -0.0181. The van der Waals surface area contributed by atoms with Crippen molar-refractivity contribution in [1.82, 2.24) is 0 Å². The second-order valence-electron chi connectivity index (χ2n) is 2.43. The van der Waals surface area contributed by atoms with Crippen molar-refractivity contribution in [2.24, 2.45) is 10.7 Å². The minimum Gasteiger partial charge on any atom is -0.462 e. The van der Waals surface area contributed by atoms with Gasteiger partial charge in [-0.15, -0.1) is 0 Å². The van der Waals surface area contributed by atoms with E-state index in [0.717, 1.165) is 0 Å². The molecule has 0 atom stereocenters. The van der Waals surface area contributed by atoms with Crippen LogP contribution in [-0.2, 0) is 4.74 Å². The van der Waals surface area contributed by atoms with Gasteiger partial charge in [0.05, 0.1) is 6.10 Å². The van der Waals surface area contributed by atoms with Crippen molar-refractivity contribution < 1.29 is 9.84 Å². The van der Waals surface area contributed by atoms with Gasteiger partial charge in [0.1, 0.15) is 6.10 Å². The molecule has 0 heterocycles. The van der Waals surface area contributed by atoms with Crippen molar-refractivity contribution in [2.45, 2.75) is 25.0 Å². The summed E-state index contributed by atoms with van der Waals surface area (Å²) in [5.74, 6) is 0. The van der Waals surface area contributed by atoms with Gasteiger partial charge in [-0.05, 0) is 0 Å². The standard InChI is InChI=1S/C6H12N2O2/c1-8-6(7)10-5-2-4(9)3-5/h4-5,9H,2-3H2,1H3,(H2,7,8). The fraction of sp³-hybridized carbons (Fsp3) is 0.833. The zero-order valence-corrected chi connectivity index (χ0v) is 5.95. The van der Waals surface area contributed by atoms with Gasteiger partial charge in [0.2, 0.25) is 0 Å². The number of rotatable bonds is 1. The molecule has 1 aliphatic rings. The third-order valence-electron chi connectivity index (χ3n) is 1.58. The monoisotopic (exact) mass is 144 g/mol. The van der Waals surface area contributed by atoms with Gasteiger partial charge in [-0.1, -0.05) is 0 Å². The van der Waals surface area contributed by atoms with Crippen LogP contribution in [0.4, 0.5) is 0 Å². The van der Waals surface area contributed by atoms with Crippen LogP contribution in [0.15, 0.2) is 4.99 Å². The van der Waals surface area contributed by atoms with Gasteiger partial charge < -0.3 is 15.6 Å². The smallest absolute Gasteiger partial charge is 0.281 e. The highest BCUT2D eigenvalue weighted by atomic mass is 16.5. The molecule has 0 aromatic rings. The van der Waals surface area contributed by atoms with E-state index in [2.05, 4.69) is 4.99 Å². The molecule has 4 heteroatoms. The summed E-state index contributed by atoms with van der Waals surface area (Å²) in [7, 11) is 1.57. The van der Waals surface area contributed by atoms with E-state index in [1.54, 1.807) is 7.05 Å². The minimum atomic E-state index is -0.199. The van der Waals surface area contributed by atoms with Crippen LogP contribution in [0.2, 0.25) is 0 Å². The lowest BCUT2D eigenvalue weighted by Crippen LogP contribution is -2.38. The second-order valence-corrected chi connectivity index (χ2v) is 2.43. The molecule has 1 rings (SSSR count). The molecule has 0 aromatic carbocycles. The average Bonchev–Trinajstić information content (AvgIpc) is 1.84. The third-order valence-corrected chi connectivity index (χ3v) is 1.58. The molecule has 3 N–H and O–H groups in total. The largest absolute Gasteiger partial charge is 0.462 e. The number of nitrogens with zero attached hydrogens (tertiary/aromatic N) is 1. The Kier molecular flexibility index (Phi) is 2.11. The van der Waals surface area contributed by atoms with Gasteiger partial charge in [0.25, 0.3) is 6.02 Å². The van der Waals surface area contributed by atoms with Crippen LogP contribution < -0.4 is 5.73 Å². The number of aliphatic hydroxyl groups excluding tert-OH is 1. The van der Waals surface area contributed by atoms with Crippen LogP contribution in [0, 0.1) is 0 Å². The number of aliphatic hydroxyl groups is 1. The van der Waals surface area contributed by atoms with E-state index < -0.39 is 0 Å². The summed E-state index contributed by atoms with van der Waals surface area (Å²) < 4.78 is 5.07. The van der Waals surface area contributed by atoms with Crippen LogP contribution in [0.5, 0.6) is 0 Å². The Labute approximate surface area is 59.7 Å². The Bertz CT molecular complexity index is 141. The first kappa shape index (κ1) is 7.34. The molecule has 0 aliphatic heterocycles. The Balaban J connectivity index is 2.16. The van der Waals surface area contributed by atoms with E-state index in [4.69, 9.17) is 15.6 Å². The molecule has 0 unspecified atom stereocenters. The van der Waals surface area contributed by atoms with Crippen molar-refractivity contribution in [2.75, 3.05) is 7.05 Å². The maximum Gasteiger partial charge on any atom is 0.281 e. The normalized spacial score (nSPS) is 33.2. The van der Waals surface area contributed by atoms with Crippen LogP contribution in [0.25, 0.3) is 0 Å². The summed E-state index contributed by atoms with van der Waals surface area (Å²) >= 11 is 0. The summed E-state index contributed by atoms with van der Waals surface area (Å²) in [5, 5.41) is 8.84. The van der Waals surface area contributed by atoms with Gasteiger partial charge in [-0.2, -0.15) is 0 Å². The Morgan fingerprint density at radius 3 is 2.70 bits per heavy atom. The van der Waals surface area contributed by atoms with Crippen LogP contribution >= 0.6 is 0 Å². The predicted octanol–water partition coefficient (Wildman–Crippen LogP) is -0.529. The summed E-state index contributed by atoms with van der Waals surface area (Å²) in [6.45, 7) is 0. The third kappa shape index (κ3) is 1.60. The van der Waals surface area contributed by atoms with Crippen molar-refractivity contribution in [3.8, 4) is 0 Å². The van der Waals surface area contributed by atoms with Crippen molar-refractivity contribution >= 4 is 6.02 Å².